The zero-order valence-electron chi connectivity index (χ0n) is 10.3. The van der Waals surface area contributed by atoms with E-state index in [2.05, 4.69) is 11.9 Å². The molecule has 1 saturated heterocycles. The molecule has 0 amide bonds. The molecule has 0 spiro atoms. The quantitative estimate of drug-likeness (QED) is 0.777. The highest BCUT2D eigenvalue weighted by atomic mass is 16.4. The normalized spacial score (nSPS) is 20.6. The third-order valence-corrected chi connectivity index (χ3v) is 3.69. The van der Waals surface area contributed by atoms with Gasteiger partial charge in [0.25, 0.3) is 0 Å². The van der Waals surface area contributed by atoms with Crippen molar-refractivity contribution in [2.75, 3.05) is 25.9 Å². The molecular formula is C14H16N2O2. The van der Waals surface area contributed by atoms with E-state index in [1.165, 1.54) is 0 Å². The first kappa shape index (κ1) is 11.3. The number of fused-ring (bicyclic) bond motifs is 1. The summed E-state index contributed by atoms with van der Waals surface area (Å²) in [6.07, 6.45) is 1.04. The van der Waals surface area contributed by atoms with E-state index >= 15 is 0 Å². The molecule has 2 N–H and O–H groups in total. The molecule has 1 fully saturated rings. The van der Waals surface area contributed by atoms with Gasteiger partial charge in [0.2, 0.25) is 0 Å². The van der Waals surface area contributed by atoms with E-state index < -0.39 is 5.63 Å². The Bertz CT molecular complexity index is 648. The van der Waals surface area contributed by atoms with Crippen LogP contribution in [0, 0.1) is 0 Å². The fourth-order valence-electron chi connectivity index (χ4n) is 2.80. The van der Waals surface area contributed by atoms with Crippen LogP contribution in [-0.2, 0) is 0 Å². The van der Waals surface area contributed by atoms with Crippen LogP contribution < -0.4 is 11.4 Å². The second-order valence-electron chi connectivity index (χ2n) is 4.96. The number of para-hydroxylation sites is 1. The first-order valence-corrected chi connectivity index (χ1v) is 6.16. The Labute approximate surface area is 105 Å². The molecule has 0 radical (unpaired) electrons. The van der Waals surface area contributed by atoms with Crippen LogP contribution in [-0.4, -0.2) is 25.0 Å². The molecule has 1 unspecified atom stereocenters. The summed E-state index contributed by atoms with van der Waals surface area (Å²) in [5.74, 6) is 0.323. The summed E-state index contributed by atoms with van der Waals surface area (Å²) in [4.78, 5) is 14.0. The Morgan fingerprint density at radius 2 is 2.17 bits per heavy atom. The fourth-order valence-corrected chi connectivity index (χ4v) is 2.80. The maximum Gasteiger partial charge on any atom is 0.359 e. The number of anilines is 1. The lowest BCUT2D eigenvalue weighted by molar-refractivity contribution is 0.411. The van der Waals surface area contributed by atoms with Gasteiger partial charge in [0.15, 0.2) is 0 Å². The van der Waals surface area contributed by atoms with Gasteiger partial charge in [-0.25, -0.2) is 4.79 Å². The second-order valence-corrected chi connectivity index (χ2v) is 4.96. The minimum absolute atomic E-state index is 0.272. The van der Waals surface area contributed by atoms with Crippen molar-refractivity contribution in [3.05, 3.63) is 40.2 Å². The molecule has 1 aromatic heterocycles. The van der Waals surface area contributed by atoms with E-state index in [-0.39, 0.29) is 5.69 Å². The predicted molar refractivity (Wildman–Crippen MR) is 71.8 cm³/mol. The van der Waals surface area contributed by atoms with Crippen molar-refractivity contribution in [3.8, 4) is 0 Å². The van der Waals surface area contributed by atoms with Gasteiger partial charge in [-0.05, 0) is 31.6 Å². The molecule has 0 saturated carbocycles. The van der Waals surface area contributed by atoms with E-state index in [0.717, 1.165) is 30.5 Å². The number of nitrogens with two attached hydrogens (primary N) is 1. The average molecular weight is 244 g/mol. The van der Waals surface area contributed by atoms with Gasteiger partial charge in [0.05, 0.1) is 0 Å². The molecule has 1 aliphatic heterocycles. The van der Waals surface area contributed by atoms with Crippen molar-refractivity contribution in [2.24, 2.45) is 0 Å². The van der Waals surface area contributed by atoms with Gasteiger partial charge in [-0.1, -0.05) is 18.2 Å². The van der Waals surface area contributed by atoms with Crippen LogP contribution in [0.15, 0.2) is 33.5 Å². The fraction of sp³-hybridized carbons (Fsp3) is 0.357. The predicted octanol–water partition coefficient (Wildman–Crippen LogP) is 1.79. The van der Waals surface area contributed by atoms with Crippen LogP contribution in [0.25, 0.3) is 11.0 Å². The first-order valence-electron chi connectivity index (χ1n) is 6.16. The van der Waals surface area contributed by atoms with Crippen LogP contribution >= 0.6 is 0 Å². The Morgan fingerprint density at radius 1 is 1.39 bits per heavy atom. The average Bonchev–Trinajstić information content (AvgIpc) is 2.77. The number of likely N-dealkylation sites (tertiary alicyclic amines) is 1. The number of benzene rings is 1. The molecule has 0 bridgehead atoms. The largest absolute Gasteiger partial charge is 0.421 e. The molecule has 18 heavy (non-hydrogen) atoms. The number of nitrogen functional groups attached to an aromatic ring is 1. The third kappa shape index (κ3) is 1.69. The molecule has 1 aromatic carbocycles. The standard InChI is InChI=1S/C14H16N2O2/c1-16-7-6-9(8-16)12-10-4-2-3-5-11(10)18-14(17)13(12)15/h2-5,9H,6-8,15H2,1H3. The van der Waals surface area contributed by atoms with Crippen LogP contribution in [0.1, 0.15) is 17.9 Å². The maximum absolute atomic E-state index is 11.8. The Kier molecular flexibility index (Phi) is 2.59. The van der Waals surface area contributed by atoms with Gasteiger partial charge in [-0.2, -0.15) is 0 Å². The zero-order valence-corrected chi connectivity index (χ0v) is 10.3. The van der Waals surface area contributed by atoms with Crippen LogP contribution in [0.5, 0.6) is 0 Å². The Hall–Kier alpha value is -1.81. The lowest BCUT2D eigenvalue weighted by Gasteiger charge is -2.15. The highest BCUT2D eigenvalue weighted by Gasteiger charge is 2.26. The summed E-state index contributed by atoms with van der Waals surface area (Å²) in [7, 11) is 2.09. The van der Waals surface area contributed by atoms with Crippen molar-refractivity contribution in [3.63, 3.8) is 0 Å². The van der Waals surface area contributed by atoms with Crippen molar-refractivity contribution in [1.82, 2.24) is 4.90 Å². The number of likely N-dealkylation sites (N-methyl/N-ethyl adjacent to an activating group) is 1. The Balaban J connectivity index is 2.26. The topological polar surface area (TPSA) is 59.5 Å². The molecule has 2 heterocycles. The van der Waals surface area contributed by atoms with Crippen molar-refractivity contribution in [2.45, 2.75) is 12.3 Å². The number of hydrogen-bond acceptors (Lipinski definition) is 4. The van der Waals surface area contributed by atoms with Gasteiger partial charge < -0.3 is 15.1 Å². The van der Waals surface area contributed by atoms with Gasteiger partial charge >= 0.3 is 5.63 Å². The number of rotatable bonds is 1. The van der Waals surface area contributed by atoms with Crippen molar-refractivity contribution in [1.29, 1.82) is 0 Å². The minimum atomic E-state index is -0.418. The van der Waals surface area contributed by atoms with E-state index in [1.54, 1.807) is 0 Å². The van der Waals surface area contributed by atoms with E-state index in [9.17, 15) is 4.79 Å². The minimum Gasteiger partial charge on any atom is -0.421 e. The summed E-state index contributed by atoms with van der Waals surface area (Å²) >= 11 is 0. The van der Waals surface area contributed by atoms with Crippen LogP contribution in [0.4, 0.5) is 5.69 Å². The number of hydrogen-bond donors (Lipinski definition) is 1. The molecule has 4 nitrogen and oxygen atoms in total. The molecule has 4 heteroatoms. The van der Waals surface area contributed by atoms with Gasteiger partial charge in [-0.15, -0.1) is 0 Å². The monoisotopic (exact) mass is 244 g/mol. The lowest BCUT2D eigenvalue weighted by atomic mass is 9.94. The summed E-state index contributed by atoms with van der Waals surface area (Å²) < 4.78 is 5.23. The molecule has 1 aliphatic rings. The summed E-state index contributed by atoms with van der Waals surface area (Å²) in [6.45, 7) is 1.98. The van der Waals surface area contributed by atoms with Crippen LogP contribution in [0.3, 0.4) is 0 Å². The summed E-state index contributed by atoms with van der Waals surface area (Å²) in [5.41, 5.74) is 7.39. The van der Waals surface area contributed by atoms with Crippen molar-refractivity contribution < 1.29 is 4.42 Å². The number of nitrogens with zero attached hydrogens (tertiary/aromatic N) is 1. The van der Waals surface area contributed by atoms with Gasteiger partial charge in [0, 0.05) is 17.8 Å². The van der Waals surface area contributed by atoms with Gasteiger partial charge in [-0.3, -0.25) is 0 Å². The molecule has 0 aliphatic carbocycles. The lowest BCUT2D eigenvalue weighted by Crippen LogP contribution is -2.17. The molecule has 1 atom stereocenters. The molecule has 3 rings (SSSR count). The summed E-state index contributed by atoms with van der Waals surface area (Å²) in [6, 6.07) is 7.61. The first-order chi connectivity index (χ1) is 8.66. The van der Waals surface area contributed by atoms with Crippen LogP contribution in [0.2, 0.25) is 0 Å². The molecule has 2 aromatic rings. The third-order valence-electron chi connectivity index (χ3n) is 3.69. The zero-order chi connectivity index (χ0) is 12.7. The second kappa shape index (κ2) is 4.14. The highest BCUT2D eigenvalue weighted by Crippen LogP contribution is 2.34. The SMILES string of the molecule is CN1CCC(c2c(N)c(=O)oc3ccccc23)C1. The molecular weight excluding hydrogens is 228 g/mol. The van der Waals surface area contributed by atoms with E-state index in [1.807, 2.05) is 24.3 Å². The highest BCUT2D eigenvalue weighted by molar-refractivity contribution is 5.85. The Morgan fingerprint density at radius 3 is 2.89 bits per heavy atom. The van der Waals surface area contributed by atoms with Crippen molar-refractivity contribution >= 4 is 16.7 Å². The summed E-state index contributed by atoms with van der Waals surface area (Å²) in [5, 5.41) is 0.968. The van der Waals surface area contributed by atoms with E-state index in [0.29, 0.717) is 11.5 Å². The maximum atomic E-state index is 11.8. The van der Waals surface area contributed by atoms with Gasteiger partial charge in [0.1, 0.15) is 11.3 Å². The molecule has 94 valence electrons. The smallest absolute Gasteiger partial charge is 0.359 e. The van der Waals surface area contributed by atoms with E-state index in [4.69, 9.17) is 10.2 Å².